The van der Waals surface area contributed by atoms with Gasteiger partial charge < -0.3 is 5.32 Å². The van der Waals surface area contributed by atoms with E-state index in [1.165, 1.54) is 6.07 Å². The van der Waals surface area contributed by atoms with Gasteiger partial charge in [-0.25, -0.2) is 8.78 Å². The quantitative estimate of drug-likeness (QED) is 0.906. The molecule has 5 heteroatoms. The molecule has 0 aliphatic rings. The van der Waals surface area contributed by atoms with Crippen molar-refractivity contribution in [2.24, 2.45) is 0 Å². The lowest BCUT2D eigenvalue weighted by atomic mass is 10.1. The van der Waals surface area contributed by atoms with Crippen LogP contribution in [0.25, 0.3) is 0 Å². The highest BCUT2D eigenvalue weighted by molar-refractivity contribution is 9.10. The third kappa shape index (κ3) is 4.13. The smallest absolute Gasteiger partial charge is 0.224 e. The lowest BCUT2D eigenvalue weighted by Crippen LogP contribution is -2.24. The van der Waals surface area contributed by atoms with E-state index in [1.54, 1.807) is 0 Å². The van der Waals surface area contributed by atoms with Crippen LogP contribution in [0, 0.1) is 11.6 Å². The summed E-state index contributed by atoms with van der Waals surface area (Å²) in [5, 5.41) is 2.69. The van der Waals surface area contributed by atoms with Gasteiger partial charge in [-0.15, -0.1) is 0 Å². The normalized spacial score (nSPS) is 10.3. The number of nitrogens with one attached hydrogen (secondary N) is 1. The molecule has 0 unspecified atom stereocenters. The van der Waals surface area contributed by atoms with Crippen molar-refractivity contribution in [1.82, 2.24) is 5.32 Å². The molecule has 0 heterocycles. The van der Waals surface area contributed by atoms with Crippen molar-refractivity contribution < 1.29 is 13.6 Å². The van der Waals surface area contributed by atoms with E-state index in [-0.39, 0.29) is 17.9 Å². The number of rotatable bonds is 4. The molecule has 1 N–H and O–H groups in total. The van der Waals surface area contributed by atoms with Crippen LogP contribution in [-0.2, 0) is 17.8 Å². The second-order valence-electron chi connectivity index (χ2n) is 4.32. The molecular weight excluding hydrogens is 328 g/mol. The van der Waals surface area contributed by atoms with Crippen molar-refractivity contribution in [3.8, 4) is 0 Å². The molecule has 0 spiro atoms. The number of amides is 1. The maximum absolute atomic E-state index is 13.4. The Balaban J connectivity index is 1.90. The van der Waals surface area contributed by atoms with Crippen molar-refractivity contribution in [2.75, 3.05) is 0 Å². The SMILES string of the molecule is O=C(Cc1ccc(F)cc1F)NCc1ccc(Br)cc1. The van der Waals surface area contributed by atoms with Gasteiger partial charge in [-0.1, -0.05) is 34.1 Å². The van der Waals surface area contributed by atoms with Crippen LogP contribution >= 0.6 is 15.9 Å². The third-order valence-corrected chi connectivity index (χ3v) is 3.30. The first-order chi connectivity index (χ1) is 9.54. The van der Waals surface area contributed by atoms with E-state index in [1.807, 2.05) is 24.3 Å². The number of halogens is 3. The van der Waals surface area contributed by atoms with E-state index < -0.39 is 11.6 Å². The fourth-order valence-corrected chi connectivity index (χ4v) is 1.97. The average Bonchev–Trinajstić information content (AvgIpc) is 2.41. The molecule has 0 saturated heterocycles. The largest absolute Gasteiger partial charge is 0.352 e. The van der Waals surface area contributed by atoms with Crippen LogP contribution in [-0.4, -0.2) is 5.91 Å². The summed E-state index contributed by atoms with van der Waals surface area (Å²) in [7, 11) is 0. The molecule has 104 valence electrons. The van der Waals surface area contributed by atoms with Gasteiger partial charge >= 0.3 is 0 Å². The Labute approximate surface area is 123 Å². The molecule has 0 saturated carbocycles. The Hall–Kier alpha value is -1.75. The second kappa shape index (κ2) is 6.61. The van der Waals surface area contributed by atoms with Crippen LogP contribution in [0.1, 0.15) is 11.1 Å². The summed E-state index contributed by atoms with van der Waals surface area (Å²) in [5.74, 6) is -1.66. The summed E-state index contributed by atoms with van der Waals surface area (Å²) < 4.78 is 27.1. The van der Waals surface area contributed by atoms with Crippen LogP contribution in [0.5, 0.6) is 0 Å². The molecule has 0 aliphatic carbocycles. The number of carbonyl (C=O) groups excluding carboxylic acids is 1. The summed E-state index contributed by atoms with van der Waals surface area (Å²) in [6.45, 7) is 0.370. The van der Waals surface area contributed by atoms with Gasteiger partial charge in [-0.2, -0.15) is 0 Å². The summed E-state index contributed by atoms with van der Waals surface area (Å²) in [5.41, 5.74) is 1.13. The molecule has 0 bridgehead atoms. The molecule has 20 heavy (non-hydrogen) atoms. The number of benzene rings is 2. The highest BCUT2D eigenvalue weighted by Crippen LogP contribution is 2.11. The van der Waals surface area contributed by atoms with Crippen molar-refractivity contribution in [2.45, 2.75) is 13.0 Å². The van der Waals surface area contributed by atoms with E-state index in [9.17, 15) is 13.6 Å². The van der Waals surface area contributed by atoms with Gasteiger partial charge in [0.15, 0.2) is 0 Å². The minimum absolute atomic E-state index is 0.108. The molecule has 2 aromatic carbocycles. The van der Waals surface area contributed by atoms with Crippen LogP contribution in [0.15, 0.2) is 46.9 Å². The Morgan fingerprint density at radius 3 is 2.45 bits per heavy atom. The van der Waals surface area contributed by atoms with Crippen LogP contribution < -0.4 is 5.32 Å². The molecule has 0 aromatic heterocycles. The Bertz CT molecular complexity index is 614. The monoisotopic (exact) mass is 339 g/mol. The summed E-state index contributed by atoms with van der Waals surface area (Å²) in [6, 6.07) is 10.7. The van der Waals surface area contributed by atoms with Gasteiger partial charge in [0.25, 0.3) is 0 Å². The van der Waals surface area contributed by atoms with Crippen molar-refractivity contribution in [1.29, 1.82) is 0 Å². The van der Waals surface area contributed by atoms with Crippen LogP contribution in [0.3, 0.4) is 0 Å². The molecule has 2 rings (SSSR count). The van der Waals surface area contributed by atoms with Gasteiger partial charge in [0.05, 0.1) is 6.42 Å². The van der Waals surface area contributed by atoms with Gasteiger partial charge in [0.2, 0.25) is 5.91 Å². The molecule has 0 aliphatic heterocycles. The zero-order chi connectivity index (χ0) is 14.5. The minimum Gasteiger partial charge on any atom is -0.352 e. The number of hydrogen-bond acceptors (Lipinski definition) is 1. The van der Waals surface area contributed by atoms with Gasteiger partial charge in [-0.05, 0) is 29.3 Å². The Morgan fingerprint density at radius 2 is 1.80 bits per heavy atom. The first kappa shape index (κ1) is 14.7. The lowest BCUT2D eigenvalue weighted by molar-refractivity contribution is -0.120. The van der Waals surface area contributed by atoms with Gasteiger partial charge in [0, 0.05) is 17.1 Å². The lowest BCUT2D eigenvalue weighted by Gasteiger charge is -2.06. The van der Waals surface area contributed by atoms with Crippen LogP contribution in [0.4, 0.5) is 8.78 Å². The predicted octanol–water partition coefficient (Wildman–Crippen LogP) is 3.59. The van der Waals surface area contributed by atoms with E-state index in [2.05, 4.69) is 21.2 Å². The zero-order valence-electron chi connectivity index (χ0n) is 10.5. The molecule has 0 fully saturated rings. The second-order valence-corrected chi connectivity index (χ2v) is 5.23. The fraction of sp³-hybridized carbons (Fsp3) is 0.133. The van der Waals surface area contributed by atoms with Crippen molar-refractivity contribution in [3.63, 3.8) is 0 Å². The third-order valence-electron chi connectivity index (χ3n) is 2.77. The van der Waals surface area contributed by atoms with E-state index in [0.717, 1.165) is 22.2 Å². The zero-order valence-corrected chi connectivity index (χ0v) is 12.1. The predicted molar refractivity (Wildman–Crippen MR) is 76.1 cm³/mol. The first-order valence-corrected chi connectivity index (χ1v) is 6.79. The van der Waals surface area contributed by atoms with E-state index in [0.29, 0.717) is 6.54 Å². The molecule has 0 atom stereocenters. The van der Waals surface area contributed by atoms with Crippen LogP contribution in [0.2, 0.25) is 0 Å². The fourth-order valence-electron chi connectivity index (χ4n) is 1.70. The van der Waals surface area contributed by atoms with Gasteiger partial charge in [0.1, 0.15) is 11.6 Å². The molecule has 2 nitrogen and oxygen atoms in total. The molecular formula is C15H12BrF2NO. The Kier molecular flexibility index (Phi) is 4.84. The van der Waals surface area contributed by atoms with E-state index >= 15 is 0 Å². The average molecular weight is 340 g/mol. The Morgan fingerprint density at radius 1 is 1.10 bits per heavy atom. The maximum Gasteiger partial charge on any atom is 0.224 e. The molecule has 1 amide bonds. The number of carbonyl (C=O) groups is 1. The standard InChI is InChI=1S/C15H12BrF2NO/c16-12-4-1-10(2-5-12)9-19-15(20)7-11-3-6-13(17)8-14(11)18/h1-6,8H,7,9H2,(H,19,20). The van der Waals surface area contributed by atoms with Gasteiger partial charge in [-0.3, -0.25) is 4.79 Å². The van der Waals surface area contributed by atoms with Crippen molar-refractivity contribution in [3.05, 3.63) is 69.7 Å². The summed E-state index contributed by atoms with van der Waals surface area (Å²) in [6.07, 6.45) is -0.108. The highest BCUT2D eigenvalue weighted by atomic mass is 79.9. The number of hydrogen-bond donors (Lipinski definition) is 1. The van der Waals surface area contributed by atoms with Crippen molar-refractivity contribution >= 4 is 21.8 Å². The highest BCUT2D eigenvalue weighted by Gasteiger charge is 2.09. The molecule has 2 aromatic rings. The first-order valence-electron chi connectivity index (χ1n) is 5.99. The summed E-state index contributed by atoms with van der Waals surface area (Å²) >= 11 is 3.32. The minimum atomic E-state index is -0.705. The van der Waals surface area contributed by atoms with E-state index in [4.69, 9.17) is 0 Å². The summed E-state index contributed by atoms with van der Waals surface area (Å²) in [4.78, 5) is 11.7. The maximum atomic E-state index is 13.4. The molecule has 0 radical (unpaired) electrons. The topological polar surface area (TPSA) is 29.1 Å².